The summed E-state index contributed by atoms with van der Waals surface area (Å²) >= 11 is 0. The van der Waals surface area contributed by atoms with Crippen LogP contribution in [0.1, 0.15) is 194 Å². The summed E-state index contributed by atoms with van der Waals surface area (Å²) in [5.41, 5.74) is 0. The van der Waals surface area contributed by atoms with E-state index in [0.717, 1.165) is 57.8 Å². The molecule has 0 aromatic heterocycles. The molecule has 0 rings (SSSR count). The lowest BCUT2D eigenvalue weighted by molar-refractivity contribution is -0.154. The normalized spacial score (nSPS) is 13.0. The summed E-state index contributed by atoms with van der Waals surface area (Å²) < 4.78 is 11.1. The van der Waals surface area contributed by atoms with E-state index in [1.165, 1.54) is 116 Å². The molecule has 1 N–H and O–H groups in total. The van der Waals surface area contributed by atoms with Gasteiger partial charge in [0.25, 0.3) is 0 Å². The van der Waals surface area contributed by atoms with Crippen molar-refractivity contribution >= 4 is 5.97 Å². The molecule has 0 aromatic rings. The van der Waals surface area contributed by atoms with E-state index in [0.29, 0.717) is 13.0 Å². The fraction of sp³-hybridized carbons (Fsp3) is 0.756. The van der Waals surface area contributed by atoms with Crippen molar-refractivity contribution in [3.63, 3.8) is 0 Å². The maximum absolute atomic E-state index is 12.2. The van der Waals surface area contributed by atoms with Gasteiger partial charge in [-0.05, 0) is 77.0 Å². The highest BCUT2D eigenvalue weighted by Crippen LogP contribution is 2.14. The van der Waals surface area contributed by atoms with Crippen molar-refractivity contribution in [2.45, 2.75) is 200 Å². The number of aliphatic hydroxyl groups excluding tert-OH is 1. The van der Waals surface area contributed by atoms with Crippen LogP contribution < -0.4 is 0 Å². The summed E-state index contributed by atoms with van der Waals surface area (Å²) in [5, 5.41) is 9.58. The number of carbonyl (C=O) groups excluding carboxylic acids is 1. The Morgan fingerprint density at radius 3 is 1.39 bits per heavy atom. The summed E-state index contributed by atoms with van der Waals surface area (Å²) in [6.45, 7) is 5.17. The van der Waals surface area contributed by atoms with Crippen LogP contribution in [0.15, 0.2) is 60.8 Å². The molecule has 1 unspecified atom stereocenters. The second kappa shape index (κ2) is 42.3. The van der Waals surface area contributed by atoms with E-state index in [2.05, 4.69) is 74.6 Å². The van der Waals surface area contributed by atoms with Crippen LogP contribution in [0.4, 0.5) is 0 Å². The molecule has 0 aliphatic rings. The molecular weight excluding hydrogens is 604 g/mol. The van der Waals surface area contributed by atoms with E-state index in [1.807, 2.05) is 0 Å². The van der Waals surface area contributed by atoms with Gasteiger partial charge in [0.1, 0.15) is 6.10 Å². The maximum atomic E-state index is 12.2. The second-order valence-corrected chi connectivity index (χ2v) is 13.7. The second-order valence-electron chi connectivity index (χ2n) is 13.7. The summed E-state index contributed by atoms with van der Waals surface area (Å²) in [5.74, 6) is -0.213. The molecule has 0 saturated heterocycles. The number of aliphatic hydroxyl groups is 1. The molecule has 4 heteroatoms. The van der Waals surface area contributed by atoms with Gasteiger partial charge in [-0.1, -0.05) is 171 Å². The van der Waals surface area contributed by atoms with Crippen LogP contribution in [0.25, 0.3) is 0 Å². The third kappa shape index (κ3) is 40.4. The Hall–Kier alpha value is -1.91. The molecule has 1 atom stereocenters. The molecule has 0 aliphatic heterocycles. The van der Waals surface area contributed by atoms with Crippen LogP contribution in [0.3, 0.4) is 0 Å². The molecule has 0 aromatic carbocycles. The Bertz CT molecular complexity index is 809. The highest BCUT2D eigenvalue weighted by molar-refractivity contribution is 5.69. The monoisotopic (exact) mass is 685 g/mol. The zero-order valence-corrected chi connectivity index (χ0v) is 32.4. The Kier molecular flexibility index (Phi) is 40.6. The first-order valence-corrected chi connectivity index (χ1v) is 20.9. The van der Waals surface area contributed by atoms with Gasteiger partial charge in [-0.15, -0.1) is 0 Å². The quantitative estimate of drug-likeness (QED) is 0.0399. The van der Waals surface area contributed by atoms with E-state index in [-0.39, 0.29) is 19.2 Å². The van der Waals surface area contributed by atoms with Crippen molar-refractivity contribution in [1.29, 1.82) is 0 Å². The van der Waals surface area contributed by atoms with Crippen LogP contribution in [-0.4, -0.2) is 37.0 Å². The van der Waals surface area contributed by atoms with Gasteiger partial charge in [0.05, 0.1) is 13.2 Å². The van der Waals surface area contributed by atoms with Crippen LogP contribution in [0.2, 0.25) is 0 Å². The minimum Gasteiger partial charge on any atom is -0.457 e. The molecule has 0 spiro atoms. The standard InChI is InChI=1S/C45H80O4/c1-3-5-7-9-11-13-15-17-19-20-21-22-23-24-25-26-27-28-30-32-34-36-38-40-45(47)49-44(42-46)43-48-41-39-37-35-33-31-29-18-16-14-12-10-8-6-4-2/h6,8,12,14-15,17-18,20-21,29,44,46H,3-5,7,9-11,13,16,19,22-28,30-43H2,1-2H3/b8-6-,14-12-,17-15-,21-20-,29-18-. The largest absolute Gasteiger partial charge is 0.457 e. The molecule has 284 valence electrons. The number of unbranched alkanes of at least 4 members (excludes halogenated alkanes) is 20. The minimum atomic E-state index is -0.548. The highest BCUT2D eigenvalue weighted by atomic mass is 16.6. The average Bonchev–Trinajstić information content (AvgIpc) is 3.11. The summed E-state index contributed by atoms with van der Waals surface area (Å²) in [6.07, 6.45) is 55.6. The van der Waals surface area contributed by atoms with Crippen LogP contribution in [0.5, 0.6) is 0 Å². The van der Waals surface area contributed by atoms with Gasteiger partial charge >= 0.3 is 5.97 Å². The van der Waals surface area contributed by atoms with Crippen LogP contribution >= 0.6 is 0 Å². The Morgan fingerprint density at radius 2 is 0.918 bits per heavy atom. The van der Waals surface area contributed by atoms with E-state index in [4.69, 9.17) is 9.47 Å². The third-order valence-corrected chi connectivity index (χ3v) is 8.83. The first kappa shape index (κ1) is 47.1. The van der Waals surface area contributed by atoms with E-state index >= 15 is 0 Å². The molecular formula is C45H80O4. The lowest BCUT2D eigenvalue weighted by Crippen LogP contribution is -2.27. The number of esters is 1. The fourth-order valence-electron chi connectivity index (χ4n) is 5.72. The smallest absolute Gasteiger partial charge is 0.306 e. The van der Waals surface area contributed by atoms with E-state index in [9.17, 15) is 9.90 Å². The average molecular weight is 685 g/mol. The summed E-state index contributed by atoms with van der Waals surface area (Å²) in [4.78, 5) is 12.2. The third-order valence-electron chi connectivity index (χ3n) is 8.83. The summed E-state index contributed by atoms with van der Waals surface area (Å²) in [6, 6.07) is 0. The van der Waals surface area contributed by atoms with Crippen molar-refractivity contribution in [3.05, 3.63) is 60.8 Å². The van der Waals surface area contributed by atoms with E-state index in [1.54, 1.807) is 0 Å². The number of allylic oxidation sites excluding steroid dienone is 10. The van der Waals surface area contributed by atoms with Crippen molar-refractivity contribution in [3.8, 4) is 0 Å². The molecule has 49 heavy (non-hydrogen) atoms. The number of hydrogen-bond donors (Lipinski definition) is 1. The number of hydrogen-bond acceptors (Lipinski definition) is 4. The van der Waals surface area contributed by atoms with Gasteiger partial charge in [0, 0.05) is 13.0 Å². The lowest BCUT2D eigenvalue weighted by Gasteiger charge is -2.15. The van der Waals surface area contributed by atoms with E-state index < -0.39 is 6.10 Å². The van der Waals surface area contributed by atoms with Crippen LogP contribution in [0, 0.1) is 0 Å². The molecule has 0 radical (unpaired) electrons. The Morgan fingerprint density at radius 1 is 0.510 bits per heavy atom. The first-order valence-electron chi connectivity index (χ1n) is 20.9. The summed E-state index contributed by atoms with van der Waals surface area (Å²) in [7, 11) is 0. The molecule has 0 fully saturated rings. The van der Waals surface area contributed by atoms with Gasteiger partial charge in [0.2, 0.25) is 0 Å². The van der Waals surface area contributed by atoms with Gasteiger partial charge in [0.15, 0.2) is 0 Å². The molecule has 0 bridgehead atoms. The van der Waals surface area contributed by atoms with Crippen molar-refractivity contribution in [2.75, 3.05) is 19.8 Å². The molecule has 0 aliphatic carbocycles. The lowest BCUT2D eigenvalue weighted by atomic mass is 10.0. The Labute approximate surface area is 305 Å². The number of ether oxygens (including phenoxy) is 2. The molecule has 0 heterocycles. The topological polar surface area (TPSA) is 55.8 Å². The van der Waals surface area contributed by atoms with Crippen molar-refractivity contribution in [2.24, 2.45) is 0 Å². The fourth-order valence-corrected chi connectivity index (χ4v) is 5.72. The molecule has 0 saturated carbocycles. The van der Waals surface area contributed by atoms with Crippen molar-refractivity contribution in [1.82, 2.24) is 0 Å². The molecule has 0 amide bonds. The Balaban J connectivity index is 3.46. The predicted molar refractivity (Wildman–Crippen MR) is 214 cm³/mol. The first-order chi connectivity index (χ1) is 24.2. The number of carbonyl (C=O) groups is 1. The minimum absolute atomic E-state index is 0.184. The zero-order valence-electron chi connectivity index (χ0n) is 32.4. The predicted octanol–water partition coefficient (Wildman–Crippen LogP) is 13.7. The van der Waals surface area contributed by atoms with Crippen molar-refractivity contribution < 1.29 is 19.4 Å². The van der Waals surface area contributed by atoms with Crippen LogP contribution in [-0.2, 0) is 14.3 Å². The van der Waals surface area contributed by atoms with Gasteiger partial charge < -0.3 is 14.6 Å². The van der Waals surface area contributed by atoms with Gasteiger partial charge in [-0.2, -0.15) is 0 Å². The SMILES string of the molecule is CC/C=C\C/C=C\C/C=C\CCCCCCOCC(CO)OC(=O)CCCCCCCCCCCCC/C=C\C/C=C\CCCCCCC. The van der Waals surface area contributed by atoms with Gasteiger partial charge in [-0.3, -0.25) is 4.79 Å². The van der Waals surface area contributed by atoms with Gasteiger partial charge in [-0.25, -0.2) is 0 Å². The highest BCUT2D eigenvalue weighted by Gasteiger charge is 2.13. The number of rotatable bonds is 38. The maximum Gasteiger partial charge on any atom is 0.306 e. The molecule has 4 nitrogen and oxygen atoms in total. The zero-order chi connectivity index (χ0) is 35.6.